The van der Waals surface area contributed by atoms with E-state index in [9.17, 15) is 24.0 Å². The van der Waals surface area contributed by atoms with Gasteiger partial charge >= 0.3 is 0 Å². The van der Waals surface area contributed by atoms with Crippen molar-refractivity contribution in [3.05, 3.63) is 147 Å². The summed E-state index contributed by atoms with van der Waals surface area (Å²) < 4.78 is -0.750. The molecule has 22 heteroatoms. The highest BCUT2D eigenvalue weighted by molar-refractivity contribution is 6.67. The molecule has 0 spiro atoms. The number of carbonyl (C=O) groups is 5. The van der Waals surface area contributed by atoms with Crippen molar-refractivity contribution in [1.82, 2.24) is 20.0 Å². The Kier molecular flexibility index (Phi) is 61.3. The zero-order chi connectivity index (χ0) is 63.5. The number of hydrogen-bond acceptors (Lipinski definition) is 10. The summed E-state index contributed by atoms with van der Waals surface area (Å²) in [7, 11) is 15.0. The van der Waals surface area contributed by atoms with Crippen molar-refractivity contribution in [3.8, 4) is 0 Å². The van der Waals surface area contributed by atoms with Crippen LogP contribution in [-0.4, -0.2) is 142 Å². The Bertz CT molecular complexity index is 2330. The van der Waals surface area contributed by atoms with E-state index < -0.39 is 9.54 Å². The van der Waals surface area contributed by atoms with E-state index in [0.717, 1.165) is 84.1 Å². The molecule has 5 aromatic carbocycles. The molecule has 7 N–H and O–H groups in total. The molecule has 0 heterocycles. The number of hydrogen-bond donors (Lipinski definition) is 6. The van der Waals surface area contributed by atoms with Crippen LogP contribution in [0, 0.1) is 69.2 Å². The van der Waals surface area contributed by atoms with Gasteiger partial charge in [-0.1, -0.05) is 141 Å². The van der Waals surface area contributed by atoms with Crippen LogP contribution in [-0.2, 0) is 24.0 Å². The Morgan fingerprint density at radius 3 is 0.702 bits per heavy atom. The number of benzene rings is 5. The lowest BCUT2D eigenvalue weighted by Crippen LogP contribution is -3.00. The molecule has 0 unspecified atom stereocenters. The molecular weight excluding hydrogens is 1230 g/mol. The van der Waals surface area contributed by atoms with Crippen LogP contribution in [0.4, 0.5) is 28.4 Å². The topological polar surface area (TPSA) is 181 Å². The Balaban J connectivity index is -0.000000166. The maximum atomic E-state index is 11.6. The molecule has 4 amide bonds. The average molecular weight is 1330 g/mol. The number of likely N-dealkylation sites (N-methyl/N-ethyl adjacent to an activating group) is 3. The van der Waals surface area contributed by atoms with Crippen molar-refractivity contribution in [3.63, 3.8) is 0 Å². The fourth-order valence-electron chi connectivity index (χ4n) is 6.45. The second-order valence-electron chi connectivity index (χ2n) is 18.6. The summed E-state index contributed by atoms with van der Waals surface area (Å²) in [6.07, 6.45) is 1.47. The molecule has 0 aliphatic rings. The minimum atomic E-state index is -0.750. The normalized spacial score (nSPS) is 9.31. The zero-order valence-electron chi connectivity index (χ0n) is 51.3. The van der Waals surface area contributed by atoms with Crippen molar-refractivity contribution >= 4 is 139 Å². The molecule has 0 radical (unpaired) electrons. The Morgan fingerprint density at radius 2 is 0.571 bits per heavy atom. The van der Waals surface area contributed by atoms with E-state index in [1.165, 1.54) is 6.38 Å². The number of nitrogens with one attached hydrogen (secondary N) is 5. The van der Waals surface area contributed by atoms with Crippen molar-refractivity contribution in [2.75, 3.05) is 121 Å². The number of halogens is 8. The Labute approximate surface area is 547 Å². The Morgan fingerprint density at radius 1 is 0.417 bits per heavy atom. The molecule has 0 aliphatic heterocycles. The predicted octanol–water partition coefficient (Wildman–Crippen LogP) is 11.7. The number of nitrogens with zero attached hydrogens (tertiary/aromatic N) is 3. The number of rotatable bonds is 12. The maximum absolute atomic E-state index is 11.6. The van der Waals surface area contributed by atoms with Gasteiger partial charge in [-0.2, -0.15) is 0 Å². The van der Waals surface area contributed by atoms with E-state index in [0.29, 0.717) is 19.6 Å². The highest BCUT2D eigenvalue weighted by Gasteiger charge is 2.10. The minimum Gasteiger partial charge on any atom is -1.00 e. The average Bonchev–Trinajstić information content (AvgIpc) is 3.36. The quantitative estimate of drug-likeness (QED) is 0.0400. The van der Waals surface area contributed by atoms with Gasteiger partial charge in [0.05, 0.1) is 25.5 Å². The number of carbonyl (C=O) groups excluding carboxylic acids is 5. The number of anilines is 5. The van der Waals surface area contributed by atoms with E-state index in [2.05, 4.69) is 38.2 Å². The smallest absolute Gasteiger partial charge is 0.239 e. The van der Waals surface area contributed by atoms with Gasteiger partial charge in [0.1, 0.15) is 5.88 Å². The summed E-state index contributed by atoms with van der Waals surface area (Å²) in [6, 6.07) is 29.9. The third kappa shape index (κ3) is 47.8. The van der Waals surface area contributed by atoms with Gasteiger partial charge in [-0.05, 0) is 193 Å². The van der Waals surface area contributed by atoms with Crippen LogP contribution >= 0.6 is 81.2 Å². The molecule has 0 bridgehead atoms. The second kappa shape index (κ2) is 55.2. The summed E-state index contributed by atoms with van der Waals surface area (Å²) in [4.78, 5) is 60.8. The largest absolute Gasteiger partial charge is 1.00 e. The molecule has 5 aromatic rings. The molecule has 5 rings (SSSR count). The molecule has 0 atom stereocenters. The van der Waals surface area contributed by atoms with Crippen molar-refractivity contribution < 1.29 is 36.4 Å². The molecule has 0 fully saturated rings. The van der Waals surface area contributed by atoms with E-state index in [1.807, 2.05) is 231 Å². The maximum Gasteiger partial charge on any atom is 0.239 e. The van der Waals surface area contributed by atoms with Gasteiger partial charge in [0.15, 0.2) is 4.30 Å². The first-order chi connectivity index (χ1) is 37.8. The number of aryl methyl sites for hydroxylation is 10. The SMILES string of the molecule is C.C.CCl.CNC.Cc1cccc(C)c1N.Cc1cccc(C)c1NC(=O)CCl.Cc1cccc(C)c1NC(=O)CN(C)C.Cc1cccc(C)c1NC(=O)CN(C)C.Cc1cccc(C)c1NC(=O)CN(C)C.ClC(Cl)Cl.O=C(Cl)CCl.[Cl-]. The molecule has 478 valence electrons. The summed E-state index contributed by atoms with van der Waals surface area (Å²) in [6.45, 7) is 21.2. The van der Waals surface area contributed by atoms with Crippen LogP contribution in [0.2, 0.25) is 0 Å². The molecular formula is C62H98Cl8N9O5-. The minimum absolute atomic E-state index is 0. The summed E-state index contributed by atoms with van der Waals surface area (Å²) >= 11 is 34.0. The number of para-hydroxylation sites is 5. The van der Waals surface area contributed by atoms with Crippen LogP contribution in [0.1, 0.15) is 70.5 Å². The monoisotopic (exact) mass is 1330 g/mol. The van der Waals surface area contributed by atoms with Crippen LogP contribution in [0.5, 0.6) is 0 Å². The Hall–Kier alpha value is -4.39. The molecule has 84 heavy (non-hydrogen) atoms. The zero-order valence-corrected chi connectivity index (χ0v) is 57.3. The highest BCUT2D eigenvalue weighted by atomic mass is 35.6. The van der Waals surface area contributed by atoms with Gasteiger partial charge in [-0.15, -0.1) is 34.8 Å². The van der Waals surface area contributed by atoms with Gasteiger partial charge in [-0.3, -0.25) is 24.0 Å². The lowest BCUT2D eigenvalue weighted by Gasteiger charge is -2.13. The first kappa shape index (κ1) is 93.3. The molecule has 0 aromatic heterocycles. The standard InChI is InChI=1S/3C12H18N2O.C10H12ClNO.C8H11N.C2H2Cl2O.C2H7N.CHCl3.CH3Cl.2CH4.ClH/c3*1-9-6-5-7-10(2)12(9)13-11(15)8-14(3)4;1-7-4-3-5-8(2)10(7)12-9(13)6-11;1-6-4-3-5-7(2)8(6)9;3-1-2(4)5;1-3-2;2-1(3)4;1-2;;;/h3*5-7H,8H2,1-4H3,(H,13,15);3-5H,6H2,1-2H3,(H,12,13);3-5H,9H2,1-2H3;1H2;3H,1-2H3;1H;1H3;2*1H4;1H/p-1. The van der Waals surface area contributed by atoms with E-state index in [4.69, 9.17) is 75.3 Å². The number of amides is 4. The van der Waals surface area contributed by atoms with Gasteiger partial charge in [-0.25, -0.2) is 0 Å². The lowest BCUT2D eigenvalue weighted by atomic mass is 10.1. The summed E-state index contributed by atoms with van der Waals surface area (Å²) in [5.74, 6) is -0.193. The first-order valence-electron chi connectivity index (χ1n) is 25.2. The number of alkyl halides is 6. The van der Waals surface area contributed by atoms with Crippen molar-refractivity contribution in [2.24, 2.45) is 0 Å². The van der Waals surface area contributed by atoms with Crippen LogP contribution < -0.4 is 44.7 Å². The molecule has 0 aliphatic carbocycles. The fourth-order valence-corrected chi connectivity index (χ4v) is 6.51. The van der Waals surface area contributed by atoms with Gasteiger partial charge < -0.3 is 59.4 Å². The van der Waals surface area contributed by atoms with Gasteiger partial charge in [0.25, 0.3) is 0 Å². The first-order valence-corrected chi connectivity index (χ1v) is 28.7. The van der Waals surface area contributed by atoms with E-state index in [1.54, 1.807) is 0 Å². The third-order valence-electron chi connectivity index (χ3n) is 10.1. The summed E-state index contributed by atoms with van der Waals surface area (Å²) in [5, 5.41) is 13.8. The van der Waals surface area contributed by atoms with Crippen LogP contribution in [0.15, 0.2) is 91.0 Å². The van der Waals surface area contributed by atoms with Crippen LogP contribution in [0.3, 0.4) is 0 Å². The second-order valence-corrected chi connectivity index (χ2v) is 21.6. The number of nitrogens with two attached hydrogens (primary N) is 1. The van der Waals surface area contributed by atoms with Crippen LogP contribution in [0.25, 0.3) is 0 Å². The van der Waals surface area contributed by atoms with E-state index in [-0.39, 0.29) is 62.6 Å². The molecule has 0 saturated heterocycles. The van der Waals surface area contributed by atoms with Crippen molar-refractivity contribution in [2.45, 2.75) is 88.4 Å². The van der Waals surface area contributed by atoms with Crippen molar-refractivity contribution in [1.29, 1.82) is 0 Å². The number of nitrogen functional groups attached to an aromatic ring is 1. The molecule has 0 saturated carbocycles. The van der Waals surface area contributed by atoms with E-state index >= 15 is 0 Å². The summed E-state index contributed by atoms with van der Waals surface area (Å²) in [5.41, 5.74) is 21.3. The van der Waals surface area contributed by atoms with Gasteiger partial charge in [0, 0.05) is 34.8 Å². The molecule has 14 nitrogen and oxygen atoms in total. The highest BCUT2D eigenvalue weighted by Crippen LogP contribution is 2.22. The third-order valence-corrected chi connectivity index (χ3v) is 10.9. The van der Waals surface area contributed by atoms with Gasteiger partial charge in [0.2, 0.25) is 28.9 Å². The lowest BCUT2D eigenvalue weighted by molar-refractivity contribution is -0.117. The predicted molar refractivity (Wildman–Crippen MR) is 368 cm³/mol. The fraction of sp³-hybridized carbons (Fsp3) is 0.435.